The number of nitrogens with zero attached hydrogens (tertiary/aromatic N) is 5. The monoisotopic (exact) mass is 398 g/mol. The molecule has 154 valence electrons. The van der Waals surface area contributed by atoms with Crippen LogP contribution >= 0.6 is 0 Å². The molecular weight excluding hydrogens is 372 g/mol. The van der Waals surface area contributed by atoms with Gasteiger partial charge < -0.3 is 15.0 Å². The second kappa shape index (κ2) is 9.15. The minimum absolute atomic E-state index is 0.0597. The lowest BCUT2D eigenvalue weighted by Gasteiger charge is -2.30. The van der Waals surface area contributed by atoms with E-state index in [2.05, 4.69) is 26.3 Å². The Kier molecular flexibility index (Phi) is 6.16. The Morgan fingerprint density at radius 3 is 2.83 bits per heavy atom. The molecule has 0 amide bonds. The highest BCUT2D eigenvalue weighted by molar-refractivity contribution is 5.77. The number of nitrogens with one attached hydrogen (secondary N) is 1. The van der Waals surface area contributed by atoms with Crippen LogP contribution in [-0.2, 0) is 11.2 Å². The molecule has 1 saturated heterocycles. The van der Waals surface area contributed by atoms with E-state index >= 15 is 0 Å². The highest BCUT2D eigenvalue weighted by Crippen LogP contribution is 2.39. The first-order valence-electron chi connectivity index (χ1n) is 10.1. The molecule has 1 aromatic heterocycles. The molecule has 1 fully saturated rings. The maximum Gasteiger partial charge on any atom is 0.353 e. The summed E-state index contributed by atoms with van der Waals surface area (Å²) in [5.74, 6) is 0.637. The fourth-order valence-electron chi connectivity index (χ4n) is 3.95. The highest BCUT2D eigenvalue weighted by Gasteiger charge is 2.30. The quantitative estimate of drug-likeness (QED) is 0.432. The number of aromatic nitrogens is 2. The molecule has 0 aliphatic carbocycles. The van der Waals surface area contributed by atoms with Gasteiger partial charge in [-0.15, -0.1) is 0 Å². The van der Waals surface area contributed by atoms with Crippen LogP contribution in [0.4, 0.5) is 23.0 Å². The number of hydrogen-bond donors (Lipinski definition) is 1. The summed E-state index contributed by atoms with van der Waals surface area (Å²) < 4.78 is 5.36. The topological polar surface area (TPSA) is 96.7 Å². The number of nitro groups is 1. The van der Waals surface area contributed by atoms with Crippen molar-refractivity contribution >= 4 is 23.0 Å². The summed E-state index contributed by atoms with van der Waals surface area (Å²) in [6.45, 7) is 5.66. The number of fused-ring (bicyclic) bond motifs is 1. The van der Waals surface area contributed by atoms with E-state index in [0.29, 0.717) is 18.9 Å². The predicted molar refractivity (Wildman–Crippen MR) is 111 cm³/mol. The Labute approximate surface area is 169 Å². The largest absolute Gasteiger partial charge is 0.379 e. The number of anilines is 3. The second-order valence-corrected chi connectivity index (χ2v) is 7.27. The lowest BCUT2D eigenvalue weighted by molar-refractivity contribution is -0.383. The van der Waals surface area contributed by atoms with Crippen LogP contribution in [0.1, 0.15) is 18.4 Å². The van der Waals surface area contributed by atoms with Gasteiger partial charge in [0.1, 0.15) is 6.33 Å². The van der Waals surface area contributed by atoms with E-state index < -0.39 is 0 Å². The fraction of sp³-hybridized carbons (Fsp3) is 0.500. The van der Waals surface area contributed by atoms with Gasteiger partial charge in [0.25, 0.3) is 0 Å². The maximum atomic E-state index is 11.9. The first-order valence-corrected chi connectivity index (χ1v) is 10.1. The number of benzene rings is 1. The molecule has 2 aromatic rings. The molecular formula is C20H26N6O3. The normalized spacial score (nSPS) is 17.0. The van der Waals surface area contributed by atoms with E-state index in [-0.39, 0.29) is 16.4 Å². The van der Waals surface area contributed by atoms with Gasteiger partial charge in [0.05, 0.1) is 18.1 Å². The van der Waals surface area contributed by atoms with Gasteiger partial charge in [0.2, 0.25) is 11.6 Å². The molecule has 4 rings (SSSR count). The maximum absolute atomic E-state index is 11.9. The zero-order valence-electron chi connectivity index (χ0n) is 16.4. The Bertz CT molecular complexity index is 856. The van der Waals surface area contributed by atoms with E-state index in [0.717, 1.165) is 57.8 Å². The predicted octanol–water partition coefficient (Wildman–Crippen LogP) is 2.60. The average molecular weight is 398 g/mol. The van der Waals surface area contributed by atoms with Gasteiger partial charge in [0.15, 0.2) is 0 Å². The van der Waals surface area contributed by atoms with E-state index in [4.69, 9.17) is 4.74 Å². The second-order valence-electron chi connectivity index (χ2n) is 7.27. The van der Waals surface area contributed by atoms with Gasteiger partial charge in [-0.3, -0.25) is 15.0 Å². The van der Waals surface area contributed by atoms with Crippen molar-refractivity contribution in [1.29, 1.82) is 0 Å². The van der Waals surface area contributed by atoms with Crippen molar-refractivity contribution in [3.8, 4) is 0 Å². The molecule has 29 heavy (non-hydrogen) atoms. The molecule has 2 aliphatic rings. The van der Waals surface area contributed by atoms with Crippen LogP contribution in [0.25, 0.3) is 0 Å². The van der Waals surface area contributed by atoms with Gasteiger partial charge in [-0.05, 0) is 37.4 Å². The van der Waals surface area contributed by atoms with Crippen LogP contribution in [0.5, 0.6) is 0 Å². The minimum atomic E-state index is -0.378. The van der Waals surface area contributed by atoms with Crippen LogP contribution in [-0.4, -0.2) is 65.7 Å². The third kappa shape index (κ3) is 4.46. The van der Waals surface area contributed by atoms with Gasteiger partial charge in [-0.2, -0.15) is 0 Å². The molecule has 2 aliphatic heterocycles. The summed E-state index contributed by atoms with van der Waals surface area (Å²) in [5, 5.41) is 15.1. The summed E-state index contributed by atoms with van der Waals surface area (Å²) in [7, 11) is 0. The lowest BCUT2D eigenvalue weighted by atomic mass is 10.0. The minimum Gasteiger partial charge on any atom is -0.379 e. The molecule has 0 radical (unpaired) electrons. The van der Waals surface area contributed by atoms with Crippen molar-refractivity contribution in [2.45, 2.75) is 19.3 Å². The van der Waals surface area contributed by atoms with Crippen LogP contribution < -0.4 is 10.2 Å². The lowest BCUT2D eigenvalue weighted by Crippen LogP contribution is -2.37. The summed E-state index contributed by atoms with van der Waals surface area (Å²) in [4.78, 5) is 24.3. The van der Waals surface area contributed by atoms with E-state index in [1.165, 1.54) is 11.9 Å². The molecule has 1 aromatic carbocycles. The highest BCUT2D eigenvalue weighted by atomic mass is 16.6. The summed E-state index contributed by atoms with van der Waals surface area (Å²) >= 11 is 0. The molecule has 0 saturated carbocycles. The van der Waals surface area contributed by atoms with Crippen molar-refractivity contribution in [3.05, 3.63) is 46.3 Å². The molecule has 0 atom stereocenters. The zero-order chi connectivity index (χ0) is 20.1. The Morgan fingerprint density at radius 1 is 1.17 bits per heavy atom. The van der Waals surface area contributed by atoms with Gasteiger partial charge in [0, 0.05) is 31.9 Å². The molecule has 9 heteroatoms. The van der Waals surface area contributed by atoms with Gasteiger partial charge in [-0.25, -0.2) is 9.97 Å². The molecule has 3 heterocycles. The van der Waals surface area contributed by atoms with Gasteiger partial charge in [-0.1, -0.05) is 18.2 Å². The summed E-state index contributed by atoms with van der Waals surface area (Å²) in [6.07, 6.45) is 4.19. The third-order valence-corrected chi connectivity index (χ3v) is 5.40. The van der Waals surface area contributed by atoms with Crippen molar-refractivity contribution < 1.29 is 9.66 Å². The molecule has 0 bridgehead atoms. The average Bonchev–Trinajstić information content (AvgIpc) is 2.76. The van der Waals surface area contributed by atoms with Crippen molar-refractivity contribution in [2.75, 3.05) is 56.2 Å². The van der Waals surface area contributed by atoms with E-state index in [1.54, 1.807) is 0 Å². The number of hydrogen-bond acceptors (Lipinski definition) is 8. The number of rotatable bonds is 7. The first-order chi connectivity index (χ1) is 14.2. The number of ether oxygens (including phenoxy) is 1. The number of para-hydroxylation sites is 1. The van der Waals surface area contributed by atoms with E-state index in [1.807, 2.05) is 23.1 Å². The van der Waals surface area contributed by atoms with E-state index in [9.17, 15) is 10.1 Å². The molecule has 0 spiro atoms. The first kappa shape index (κ1) is 19.5. The SMILES string of the molecule is O=[N+]([O-])c1c(NCCCN2CCOCC2)ncnc1N1CCCc2ccccc21. The Balaban J connectivity index is 1.50. The third-order valence-electron chi connectivity index (χ3n) is 5.40. The van der Waals surface area contributed by atoms with Crippen LogP contribution in [0.2, 0.25) is 0 Å². The molecule has 0 unspecified atom stereocenters. The Hall–Kier alpha value is -2.78. The number of morpholine rings is 1. The van der Waals surface area contributed by atoms with Gasteiger partial charge >= 0.3 is 5.69 Å². The molecule has 1 N–H and O–H groups in total. The standard InChI is InChI=1S/C20H26N6O3/c27-26(28)18-19(21-8-4-9-24-11-13-29-14-12-24)22-15-23-20(18)25-10-3-6-16-5-1-2-7-17(16)25/h1-2,5,7,15H,3-4,6,8-14H2,(H,21,22,23). The fourth-order valence-corrected chi connectivity index (χ4v) is 3.95. The van der Waals surface area contributed by atoms with Crippen molar-refractivity contribution in [2.24, 2.45) is 0 Å². The van der Waals surface area contributed by atoms with Crippen LogP contribution in [0, 0.1) is 10.1 Å². The summed E-state index contributed by atoms with van der Waals surface area (Å²) in [6, 6.07) is 8.02. The Morgan fingerprint density at radius 2 is 2.00 bits per heavy atom. The van der Waals surface area contributed by atoms with Crippen LogP contribution in [0.15, 0.2) is 30.6 Å². The number of aryl methyl sites for hydroxylation is 1. The van der Waals surface area contributed by atoms with Crippen molar-refractivity contribution in [1.82, 2.24) is 14.9 Å². The van der Waals surface area contributed by atoms with Crippen LogP contribution in [0.3, 0.4) is 0 Å². The van der Waals surface area contributed by atoms with Crippen molar-refractivity contribution in [3.63, 3.8) is 0 Å². The summed E-state index contributed by atoms with van der Waals surface area (Å²) in [5.41, 5.74) is 2.11. The smallest absolute Gasteiger partial charge is 0.353 e. The zero-order valence-corrected chi connectivity index (χ0v) is 16.4. The molecule has 9 nitrogen and oxygen atoms in total.